The summed E-state index contributed by atoms with van der Waals surface area (Å²) in [5, 5.41) is 4.20. The molecular formula is C19H19N7O2. The molecule has 0 saturated heterocycles. The van der Waals surface area contributed by atoms with E-state index in [0.29, 0.717) is 30.3 Å². The maximum Gasteiger partial charge on any atom is 0.292 e. The molecule has 1 N–H and O–H groups in total. The molecule has 0 unspecified atom stereocenters. The third kappa shape index (κ3) is 2.50. The number of aromatic nitrogens is 6. The Hall–Kier alpha value is -3.49. The molecule has 4 heterocycles. The number of oxazole rings is 1. The molecule has 1 atom stereocenters. The SMILES string of the molecule is CC(C)n1ncnc1C(=O)N1CCc2[nH]cnc2[C@H]1c1nc2ccccc2o1. The van der Waals surface area contributed by atoms with Crippen molar-refractivity contribution in [3.8, 4) is 0 Å². The van der Waals surface area contributed by atoms with Crippen molar-refractivity contribution in [3.05, 3.63) is 60.0 Å². The van der Waals surface area contributed by atoms with Crippen molar-refractivity contribution < 1.29 is 9.21 Å². The number of H-pyrrole nitrogens is 1. The number of aromatic amines is 1. The van der Waals surface area contributed by atoms with E-state index in [4.69, 9.17) is 4.42 Å². The fourth-order valence-corrected chi connectivity index (χ4v) is 3.66. The molecule has 1 aromatic carbocycles. The summed E-state index contributed by atoms with van der Waals surface area (Å²) >= 11 is 0. The highest BCUT2D eigenvalue weighted by atomic mass is 16.4. The van der Waals surface area contributed by atoms with E-state index >= 15 is 0 Å². The van der Waals surface area contributed by atoms with Crippen LogP contribution in [0.25, 0.3) is 11.1 Å². The fourth-order valence-electron chi connectivity index (χ4n) is 3.66. The molecule has 1 aliphatic heterocycles. The van der Waals surface area contributed by atoms with Crippen LogP contribution in [0.2, 0.25) is 0 Å². The van der Waals surface area contributed by atoms with Crippen LogP contribution in [0.5, 0.6) is 0 Å². The number of carbonyl (C=O) groups excluding carboxylic acids is 1. The van der Waals surface area contributed by atoms with E-state index in [0.717, 1.165) is 16.9 Å². The maximum atomic E-state index is 13.4. The van der Waals surface area contributed by atoms with Gasteiger partial charge in [0.1, 0.15) is 11.8 Å². The summed E-state index contributed by atoms with van der Waals surface area (Å²) < 4.78 is 7.64. The van der Waals surface area contributed by atoms with Gasteiger partial charge in [0.15, 0.2) is 11.6 Å². The zero-order valence-electron chi connectivity index (χ0n) is 15.5. The van der Waals surface area contributed by atoms with Gasteiger partial charge in [0.25, 0.3) is 5.91 Å². The standard InChI is InChI=1S/C19H19N7O2/c1-11(2)26-17(22-10-23-26)19(27)25-8-7-13-15(21-9-20-13)16(25)18-24-12-5-3-4-6-14(12)28-18/h3-6,9-11,16H,7-8H2,1-2H3,(H,20,21)/t16-/m0/s1. The minimum absolute atomic E-state index is 0.0231. The van der Waals surface area contributed by atoms with Gasteiger partial charge in [-0.15, -0.1) is 0 Å². The Kier molecular flexibility index (Phi) is 3.75. The molecule has 28 heavy (non-hydrogen) atoms. The van der Waals surface area contributed by atoms with Gasteiger partial charge >= 0.3 is 0 Å². The van der Waals surface area contributed by atoms with Crippen LogP contribution in [-0.4, -0.2) is 47.1 Å². The number of amides is 1. The fraction of sp³-hybridized carbons (Fsp3) is 0.316. The topological polar surface area (TPSA) is 106 Å². The van der Waals surface area contributed by atoms with Crippen molar-refractivity contribution in [2.24, 2.45) is 0 Å². The number of hydrogen-bond donors (Lipinski definition) is 1. The minimum atomic E-state index is -0.521. The molecule has 1 amide bonds. The van der Waals surface area contributed by atoms with Gasteiger partial charge in [0.2, 0.25) is 11.7 Å². The number of hydrogen-bond acceptors (Lipinski definition) is 6. The third-order valence-electron chi connectivity index (χ3n) is 4.98. The van der Waals surface area contributed by atoms with Crippen LogP contribution >= 0.6 is 0 Å². The normalized spacial score (nSPS) is 16.7. The number of rotatable bonds is 3. The second-order valence-electron chi connectivity index (χ2n) is 7.06. The molecule has 142 valence electrons. The number of benzene rings is 1. The van der Waals surface area contributed by atoms with E-state index < -0.39 is 6.04 Å². The largest absolute Gasteiger partial charge is 0.438 e. The summed E-state index contributed by atoms with van der Waals surface area (Å²) in [5.41, 5.74) is 3.17. The van der Waals surface area contributed by atoms with E-state index in [9.17, 15) is 4.79 Å². The Labute approximate surface area is 160 Å². The van der Waals surface area contributed by atoms with Crippen LogP contribution in [0.4, 0.5) is 0 Å². The van der Waals surface area contributed by atoms with Crippen LogP contribution in [0.15, 0.2) is 41.3 Å². The van der Waals surface area contributed by atoms with E-state index in [1.165, 1.54) is 6.33 Å². The molecule has 5 rings (SSSR count). The number of nitrogens with zero attached hydrogens (tertiary/aromatic N) is 6. The number of para-hydroxylation sites is 2. The van der Waals surface area contributed by atoms with Gasteiger partial charge in [-0.1, -0.05) is 12.1 Å². The molecule has 0 fully saturated rings. The lowest BCUT2D eigenvalue weighted by Crippen LogP contribution is -2.42. The molecule has 0 spiro atoms. The van der Waals surface area contributed by atoms with Crippen molar-refractivity contribution in [1.82, 2.24) is 34.6 Å². The Balaban J connectivity index is 1.62. The highest BCUT2D eigenvalue weighted by Gasteiger charge is 2.39. The Morgan fingerprint density at radius 3 is 2.96 bits per heavy atom. The molecule has 9 heteroatoms. The summed E-state index contributed by atoms with van der Waals surface area (Å²) in [6, 6.07) is 7.05. The number of imidazole rings is 1. The molecule has 3 aromatic heterocycles. The Morgan fingerprint density at radius 1 is 1.29 bits per heavy atom. The van der Waals surface area contributed by atoms with E-state index in [1.54, 1.807) is 15.9 Å². The number of carbonyl (C=O) groups is 1. The zero-order chi connectivity index (χ0) is 19.3. The van der Waals surface area contributed by atoms with E-state index in [-0.39, 0.29) is 11.9 Å². The van der Waals surface area contributed by atoms with Gasteiger partial charge in [-0.3, -0.25) is 4.79 Å². The predicted octanol–water partition coefficient (Wildman–Crippen LogP) is 2.51. The molecule has 0 saturated carbocycles. The summed E-state index contributed by atoms with van der Waals surface area (Å²) in [6.45, 7) is 4.43. The van der Waals surface area contributed by atoms with Crippen molar-refractivity contribution >= 4 is 17.0 Å². The van der Waals surface area contributed by atoms with E-state index in [1.807, 2.05) is 38.1 Å². The highest BCUT2D eigenvalue weighted by Crippen LogP contribution is 2.35. The molecule has 9 nitrogen and oxygen atoms in total. The maximum absolute atomic E-state index is 13.4. The van der Waals surface area contributed by atoms with Gasteiger partial charge in [0.05, 0.1) is 12.0 Å². The van der Waals surface area contributed by atoms with Crippen LogP contribution in [-0.2, 0) is 6.42 Å². The van der Waals surface area contributed by atoms with Gasteiger partial charge < -0.3 is 14.3 Å². The second-order valence-corrected chi connectivity index (χ2v) is 7.06. The first-order valence-corrected chi connectivity index (χ1v) is 9.21. The lowest BCUT2D eigenvalue weighted by molar-refractivity contribution is 0.0646. The Bertz CT molecular complexity index is 1120. The first kappa shape index (κ1) is 16.7. The van der Waals surface area contributed by atoms with Crippen LogP contribution < -0.4 is 0 Å². The zero-order valence-corrected chi connectivity index (χ0v) is 15.5. The van der Waals surface area contributed by atoms with Crippen molar-refractivity contribution in [1.29, 1.82) is 0 Å². The van der Waals surface area contributed by atoms with Crippen LogP contribution in [0.1, 0.15) is 53.8 Å². The molecule has 0 bridgehead atoms. The first-order valence-electron chi connectivity index (χ1n) is 9.21. The average molecular weight is 377 g/mol. The summed E-state index contributed by atoms with van der Waals surface area (Å²) in [6.07, 6.45) is 3.73. The van der Waals surface area contributed by atoms with Gasteiger partial charge in [-0.05, 0) is 26.0 Å². The Morgan fingerprint density at radius 2 is 2.14 bits per heavy atom. The predicted molar refractivity (Wildman–Crippen MR) is 99.6 cm³/mol. The third-order valence-corrected chi connectivity index (χ3v) is 4.98. The molecule has 0 radical (unpaired) electrons. The summed E-state index contributed by atoms with van der Waals surface area (Å²) in [4.78, 5) is 31.6. The van der Waals surface area contributed by atoms with E-state index in [2.05, 4.69) is 25.0 Å². The second kappa shape index (κ2) is 6.29. The number of nitrogens with one attached hydrogen (secondary N) is 1. The average Bonchev–Trinajstić information content (AvgIpc) is 3.44. The monoisotopic (exact) mass is 377 g/mol. The van der Waals surface area contributed by atoms with Gasteiger partial charge in [-0.2, -0.15) is 5.10 Å². The lowest BCUT2D eigenvalue weighted by atomic mass is 10.0. The van der Waals surface area contributed by atoms with Crippen molar-refractivity contribution in [2.75, 3.05) is 6.54 Å². The van der Waals surface area contributed by atoms with Crippen LogP contribution in [0, 0.1) is 0 Å². The molecule has 1 aliphatic rings. The highest BCUT2D eigenvalue weighted by molar-refractivity contribution is 5.91. The molecule has 0 aliphatic carbocycles. The smallest absolute Gasteiger partial charge is 0.292 e. The lowest BCUT2D eigenvalue weighted by Gasteiger charge is -2.32. The molecule has 4 aromatic rings. The summed E-state index contributed by atoms with van der Waals surface area (Å²) in [7, 11) is 0. The van der Waals surface area contributed by atoms with Crippen LogP contribution in [0.3, 0.4) is 0 Å². The van der Waals surface area contributed by atoms with Crippen molar-refractivity contribution in [2.45, 2.75) is 32.4 Å². The quantitative estimate of drug-likeness (QED) is 0.588. The molecular weight excluding hydrogens is 358 g/mol. The van der Waals surface area contributed by atoms with Crippen molar-refractivity contribution in [3.63, 3.8) is 0 Å². The van der Waals surface area contributed by atoms with Gasteiger partial charge in [0, 0.05) is 24.7 Å². The minimum Gasteiger partial charge on any atom is -0.438 e. The van der Waals surface area contributed by atoms with Gasteiger partial charge in [-0.25, -0.2) is 19.6 Å². The number of fused-ring (bicyclic) bond motifs is 2. The first-order chi connectivity index (χ1) is 13.6. The summed E-state index contributed by atoms with van der Waals surface area (Å²) in [5.74, 6) is 0.528.